The normalized spacial score (nSPS) is 9.87. The van der Waals surface area contributed by atoms with E-state index >= 15 is 0 Å². The zero-order valence-corrected chi connectivity index (χ0v) is 8.40. The highest BCUT2D eigenvalue weighted by atomic mass is 32.1. The highest BCUT2D eigenvalue weighted by Crippen LogP contribution is 2.24. The summed E-state index contributed by atoms with van der Waals surface area (Å²) in [6, 6.07) is 9.10. The van der Waals surface area contributed by atoms with E-state index in [1.807, 2.05) is 18.2 Å². The van der Waals surface area contributed by atoms with Crippen molar-refractivity contribution in [1.29, 1.82) is 0 Å². The van der Waals surface area contributed by atoms with Gasteiger partial charge < -0.3 is 9.84 Å². The summed E-state index contributed by atoms with van der Waals surface area (Å²) in [5.41, 5.74) is 0.00549. The van der Waals surface area contributed by atoms with Gasteiger partial charge in [0.15, 0.2) is 5.69 Å². The van der Waals surface area contributed by atoms with Gasteiger partial charge in [0.05, 0.1) is 0 Å². The van der Waals surface area contributed by atoms with Crippen molar-refractivity contribution in [2.24, 2.45) is 0 Å². The fraction of sp³-hybridized carbons (Fsp3) is 0. The second-order valence-electron chi connectivity index (χ2n) is 2.72. The van der Waals surface area contributed by atoms with Crippen molar-refractivity contribution >= 4 is 17.3 Å². The maximum atomic E-state index is 10.6. The van der Waals surface area contributed by atoms with Gasteiger partial charge in [0.1, 0.15) is 5.75 Å². The van der Waals surface area contributed by atoms with Crippen molar-refractivity contribution in [2.75, 3.05) is 0 Å². The van der Waals surface area contributed by atoms with Gasteiger partial charge >= 0.3 is 5.97 Å². The van der Waals surface area contributed by atoms with E-state index in [-0.39, 0.29) is 5.69 Å². The molecule has 0 atom stereocenters. The lowest BCUT2D eigenvalue weighted by Gasteiger charge is -1.99. The molecule has 76 valence electrons. The first-order valence-electron chi connectivity index (χ1n) is 4.17. The number of hydrogen-bond donors (Lipinski definition) is 1. The highest BCUT2D eigenvalue weighted by Gasteiger charge is 2.09. The lowest BCUT2D eigenvalue weighted by Crippen LogP contribution is -1.95. The van der Waals surface area contributed by atoms with Crippen LogP contribution in [-0.4, -0.2) is 16.1 Å². The number of aromatic carboxylic acids is 1. The van der Waals surface area contributed by atoms with Gasteiger partial charge in [0.25, 0.3) is 5.19 Å². The number of ether oxygens (including phenoxy) is 1. The fourth-order valence-electron chi connectivity index (χ4n) is 0.992. The minimum absolute atomic E-state index is 0.00549. The molecule has 0 aliphatic rings. The zero-order valence-electron chi connectivity index (χ0n) is 7.58. The van der Waals surface area contributed by atoms with Gasteiger partial charge in [-0.2, -0.15) is 4.98 Å². The summed E-state index contributed by atoms with van der Waals surface area (Å²) < 4.78 is 5.35. The Morgan fingerprint density at radius 2 is 2.07 bits per heavy atom. The number of carbonyl (C=O) groups is 1. The molecule has 5 heteroatoms. The van der Waals surface area contributed by atoms with Gasteiger partial charge in [-0.3, -0.25) is 0 Å². The monoisotopic (exact) mass is 221 g/mol. The van der Waals surface area contributed by atoms with Crippen LogP contribution in [0.3, 0.4) is 0 Å². The first kappa shape index (κ1) is 9.67. The van der Waals surface area contributed by atoms with Gasteiger partial charge in [-0.15, -0.1) is 0 Å². The van der Waals surface area contributed by atoms with Gasteiger partial charge in [-0.1, -0.05) is 29.5 Å². The molecule has 0 amide bonds. The van der Waals surface area contributed by atoms with Crippen molar-refractivity contribution in [2.45, 2.75) is 0 Å². The predicted octanol–water partition coefficient (Wildman–Crippen LogP) is 2.63. The molecular formula is C10H7NO3S. The predicted molar refractivity (Wildman–Crippen MR) is 55.6 cm³/mol. The van der Waals surface area contributed by atoms with E-state index in [4.69, 9.17) is 9.84 Å². The lowest BCUT2D eigenvalue weighted by atomic mass is 10.3. The van der Waals surface area contributed by atoms with Gasteiger partial charge in [0, 0.05) is 5.38 Å². The molecule has 0 bridgehead atoms. The Labute approximate surface area is 89.8 Å². The van der Waals surface area contributed by atoms with Crippen molar-refractivity contribution in [1.82, 2.24) is 4.98 Å². The smallest absolute Gasteiger partial charge is 0.355 e. The molecule has 0 aliphatic heterocycles. The maximum Gasteiger partial charge on any atom is 0.355 e. The van der Waals surface area contributed by atoms with Crippen LogP contribution in [0.4, 0.5) is 0 Å². The number of aromatic nitrogens is 1. The average molecular weight is 221 g/mol. The number of rotatable bonds is 3. The summed E-state index contributed by atoms with van der Waals surface area (Å²) in [6.07, 6.45) is 0. The van der Waals surface area contributed by atoms with Crippen LogP contribution < -0.4 is 4.74 Å². The molecule has 0 unspecified atom stereocenters. The molecule has 1 heterocycles. The first-order valence-corrected chi connectivity index (χ1v) is 5.05. The number of carboxylic acid groups (broad SMARTS) is 1. The fourth-order valence-corrected chi connectivity index (χ4v) is 1.65. The number of nitrogens with zero attached hydrogens (tertiary/aromatic N) is 1. The summed E-state index contributed by atoms with van der Waals surface area (Å²) in [7, 11) is 0. The van der Waals surface area contributed by atoms with Crippen LogP contribution in [0.1, 0.15) is 10.5 Å². The molecule has 4 nitrogen and oxygen atoms in total. The van der Waals surface area contributed by atoms with Crippen LogP contribution in [0.25, 0.3) is 0 Å². The van der Waals surface area contributed by atoms with Crippen molar-refractivity contribution in [3.8, 4) is 10.9 Å². The molecule has 0 saturated carbocycles. The molecule has 0 fully saturated rings. The highest BCUT2D eigenvalue weighted by molar-refractivity contribution is 7.11. The van der Waals surface area contributed by atoms with Crippen molar-refractivity contribution in [3.05, 3.63) is 41.4 Å². The van der Waals surface area contributed by atoms with Gasteiger partial charge in [-0.05, 0) is 12.1 Å². The van der Waals surface area contributed by atoms with E-state index in [1.165, 1.54) is 5.38 Å². The molecule has 0 saturated heterocycles. The Kier molecular flexibility index (Phi) is 2.64. The summed E-state index contributed by atoms with van der Waals surface area (Å²) in [5.74, 6) is -0.405. The van der Waals surface area contributed by atoms with Gasteiger partial charge in [-0.25, -0.2) is 4.79 Å². The lowest BCUT2D eigenvalue weighted by molar-refractivity contribution is 0.0690. The standard InChI is InChI=1S/C10H7NO3S/c12-9(13)8-6-15-10(11-8)14-7-4-2-1-3-5-7/h1-6H,(H,12,13). The summed E-state index contributed by atoms with van der Waals surface area (Å²) in [5, 5.41) is 10.4. The number of hydrogen-bond acceptors (Lipinski definition) is 4. The largest absolute Gasteiger partial charge is 0.476 e. The van der Waals surface area contributed by atoms with E-state index in [0.29, 0.717) is 10.9 Å². The summed E-state index contributed by atoms with van der Waals surface area (Å²) in [6.45, 7) is 0. The van der Waals surface area contributed by atoms with Crippen molar-refractivity contribution in [3.63, 3.8) is 0 Å². The third-order valence-electron chi connectivity index (χ3n) is 1.65. The zero-order chi connectivity index (χ0) is 10.7. The molecular weight excluding hydrogens is 214 g/mol. The SMILES string of the molecule is O=C(O)c1csc(Oc2ccccc2)n1. The van der Waals surface area contributed by atoms with E-state index in [0.717, 1.165) is 11.3 Å². The number of thiazole rings is 1. The second kappa shape index (κ2) is 4.10. The van der Waals surface area contributed by atoms with Crippen LogP contribution >= 0.6 is 11.3 Å². The topological polar surface area (TPSA) is 59.4 Å². The molecule has 2 aromatic rings. The van der Waals surface area contributed by atoms with Crippen LogP contribution in [-0.2, 0) is 0 Å². The third-order valence-corrected chi connectivity index (χ3v) is 2.37. The van der Waals surface area contributed by atoms with Crippen LogP contribution in [0.2, 0.25) is 0 Å². The minimum atomic E-state index is -1.05. The Morgan fingerprint density at radius 1 is 1.33 bits per heavy atom. The quantitative estimate of drug-likeness (QED) is 0.865. The Balaban J connectivity index is 2.15. The summed E-state index contributed by atoms with van der Waals surface area (Å²) >= 11 is 1.16. The molecule has 1 aromatic carbocycles. The summed E-state index contributed by atoms with van der Waals surface area (Å²) in [4.78, 5) is 14.4. The Morgan fingerprint density at radius 3 is 2.67 bits per heavy atom. The minimum Gasteiger partial charge on any atom is -0.476 e. The first-order chi connectivity index (χ1) is 7.25. The van der Waals surface area contributed by atoms with E-state index < -0.39 is 5.97 Å². The number of benzene rings is 1. The molecule has 15 heavy (non-hydrogen) atoms. The molecule has 2 rings (SSSR count). The van der Waals surface area contributed by atoms with Crippen molar-refractivity contribution < 1.29 is 14.6 Å². The van der Waals surface area contributed by atoms with Gasteiger partial charge in [0.2, 0.25) is 0 Å². The van der Waals surface area contributed by atoms with E-state index in [1.54, 1.807) is 12.1 Å². The number of carboxylic acids is 1. The number of para-hydroxylation sites is 1. The molecule has 0 spiro atoms. The third kappa shape index (κ3) is 2.32. The molecule has 1 N–H and O–H groups in total. The second-order valence-corrected chi connectivity index (χ2v) is 3.54. The Hall–Kier alpha value is -1.88. The van der Waals surface area contributed by atoms with Crippen LogP contribution in [0, 0.1) is 0 Å². The molecule has 0 aliphatic carbocycles. The van der Waals surface area contributed by atoms with E-state index in [2.05, 4.69) is 4.98 Å². The average Bonchev–Trinajstić information content (AvgIpc) is 2.68. The Bertz CT molecular complexity index is 467. The van der Waals surface area contributed by atoms with Crippen LogP contribution in [0.15, 0.2) is 35.7 Å². The van der Waals surface area contributed by atoms with E-state index in [9.17, 15) is 4.79 Å². The maximum absolute atomic E-state index is 10.6. The molecule has 1 aromatic heterocycles. The van der Waals surface area contributed by atoms with Crippen LogP contribution in [0.5, 0.6) is 10.9 Å². The molecule has 0 radical (unpaired) electrons.